The highest BCUT2D eigenvalue weighted by molar-refractivity contribution is 5.48. The quantitative estimate of drug-likeness (QED) is 0.486. The summed E-state index contributed by atoms with van der Waals surface area (Å²) in [4.78, 5) is 0. The molecule has 1 heterocycles. The lowest BCUT2D eigenvalue weighted by molar-refractivity contribution is 0.0925. The van der Waals surface area contributed by atoms with Crippen LogP contribution in [0.1, 0.15) is 33.4 Å². The molecule has 3 aromatic rings. The molecule has 192 valence electrons. The molecule has 0 amide bonds. The predicted molar refractivity (Wildman–Crippen MR) is 129 cm³/mol. The van der Waals surface area contributed by atoms with Crippen LogP contribution in [0.3, 0.4) is 0 Å². The number of hydrogen-bond donors (Lipinski definition) is 3. The third kappa shape index (κ3) is 5.59. The molecule has 0 spiro atoms. The number of rotatable bonds is 3. The van der Waals surface area contributed by atoms with Gasteiger partial charge in [0, 0.05) is 33.4 Å². The minimum Gasteiger partial charge on any atom is -0.507 e. The molecule has 4 rings (SSSR count). The van der Waals surface area contributed by atoms with Crippen molar-refractivity contribution in [2.45, 2.75) is 39.6 Å². The molecular weight excluding hydrogens is 468 g/mol. The SMILES string of the molecule is COc1cc2c(O)c(c1)COCc1cc(OC)cc(c1O)COCc1cc(OC)cc(c1O)COC2. The second-order valence-electron chi connectivity index (χ2n) is 8.36. The molecule has 9 nitrogen and oxygen atoms in total. The average molecular weight is 499 g/mol. The van der Waals surface area contributed by atoms with Gasteiger partial charge in [0.05, 0.1) is 61.0 Å². The Morgan fingerprint density at radius 2 is 0.639 bits per heavy atom. The molecule has 36 heavy (non-hydrogen) atoms. The summed E-state index contributed by atoms with van der Waals surface area (Å²) < 4.78 is 33.6. The highest BCUT2D eigenvalue weighted by Crippen LogP contribution is 2.35. The zero-order valence-corrected chi connectivity index (χ0v) is 20.5. The van der Waals surface area contributed by atoms with Gasteiger partial charge < -0.3 is 43.7 Å². The van der Waals surface area contributed by atoms with Gasteiger partial charge in [0.25, 0.3) is 0 Å². The van der Waals surface area contributed by atoms with Gasteiger partial charge in [-0.05, 0) is 36.4 Å². The fourth-order valence-corrected chi connectivity index (χ4v) is 4.01. The zero-order chi connectivity index (χ0) is 25.7. The van der Waals surface area contributed by atoms with Gasteiger partial charge in [0.2, 0.25) is 0 Å². The van der Waals surface area contributed by atoms with Gasteiger partial charge in [-0.2, -0.15) is 0 Å². The Morgan fingerprint density at radius 3 is 0.806 bits per heavy atom. The van der Waals surface area contributed by atoms with Crippen molar-refractivity contribution < 1.29 is 43.7 Å². The summed E-state index contributed by atoms with van der Waals surface area (Å²) in [5.74, 6) is 1.68. The minimum atomic E-state index is 0.0245. The monoisotopic (exact) mass is 498 g/mol. The Labute approximate surface area is 209 Å². The topological polar surface area (TPSA) is 116 Å². The van der Waals surface area contributed by atoms with E-state index in [4.69, 9.17) is 28.4 Å². The zero-order valence-electron chi connectivity index (χ0n) is 20.5. The van der Waals surface area contributed by atoms with Crippen molar-refractivity contribution in [2.24, 2.45) is 0 Å². The molecule has 6 bridgehead atoms. The lowest BCUT2D eigenvalue weighted by Gasteiger charge is -2.17. The van der Waals surface area contributed by atoms with E-state index in [9.17, 15) is 15.3 Å². The molecular formula is C27H30O9. The van der Waals surface area contributed by atoms with Crippen molar-refractivity contribution in [3.63, 3.8) is 0 Å². The van der Waals surface area contributed by atoms with Gasteiger partial charge in [-0.3, -0.25) is 0 Å². The number of phenols is 3. The first-order valence-electron chi connectivity index (χ1n) is 11.3. The van der Waals surface area contributed by atoms with Crippen LogP contribution < -0.4 is 14.2 Å². The van der Waals surface area contributed by atoms with E-state index in [1.165, 1.54) is 21.3 Å². The van der Waals surface area contributed by atoms with E-state index in [-0.39, 0.29) is 56.9 Å². The largest absolute Gasteiger partial charge is 0.507 e. The van der Waals surface area contributed by atoms with Crippen molar-refractivity contribution >= 4 is 0 Å². The number of phenolic OH excluding ortho intramolecular Hbond substituents is 3. The van der Waals surface area contributed by atoms with E-state index < -0.39 is 0 Å². The Morgan fingerprint density at radius 1 is 0.444 bits per heavy atom. The standard InChI is InChI=1S/C27H30O9/c1-31-22-4-16-10-34-12-18-6-23(32-2)8-20(26(18)29)14-36-15-21-9-24(33-3)7-19(27(21)30)13-35-11-17(5-22)25(16)28/h4-9,28-30H,10-15H2,1-3H3. The molecule has 0 atom stereocenters. The van der Waals surface area contributed by atoms with Crippen LogP contribution >= 0.6 is 0 Å². The van der Waals surface area contributed by atoms with Crippen LogP contribution in [-0.4, -0.2) is 36.6 Å². The minimum absolute atomic E-state index is 0.0245. The van der Waals surface area contributed by atoms with E-state index >= 15 is 0 Å². The Kier molecular flexibility index (Phi) is 8.04. The smallest absolute Gasteiger partial charge is 0.126 e. The number of aromatic hydroxyl groups is 3. The fraction of sp³-hybridized carbons (Fsp3) is 0.333. The van der Waals surface area contributed by atoms with Gasteiger partial charge >= 0.3 is 0 Å². The molecule has 9 heteroatoms. The molecule has 0 radical (unpaired) electrons. The van der Waals surface area contributed by atoms with Crippen LogP contribution in [-0.2, 0) is 53.9 Å². The maximum Gasteiger partial charge on any atom is 0.126 e. The van der Waals surface area contributed by atoms with Crippen LogP contribution in [0, 0.1) is 0 Å². The lowest BCUT2D eigenvalue weighted by atomic mass is 10.1. The van der Waals surface area contributed by atoms with E-state index in [1.807, 2.05) is 0 Å². The summed E-state index contributed by atoms with van der Waals surface area (Å²) >= 11 is 0. The highest BCUT2D eigenvalue weighted by Gasteiger charge is 2.17. The van der Waals surface area contributed by atoms with E-state index in [1.54, 1.807) is 36.4 Å². The first kappa shape index (κ1) is 25.4. The summed E-state index contributed by atoms with van der Waals surface area (Å²) in [7, 11) is 4.61. The van der Waals surface area contributed by atoms with E-state index in [2.05, 4.69) is 0 Å². The van der Waals surface area contributed by atoms with E-state index in [0.29, 0.717) is 50.6 Å². The first-order chi connectivity index (χ1) is 17.4. The van der Waals surface area contributed by atoms with Crippen LogP contribution in [0.15, 0.2) is 36.4 Å². The first-order valence-corrected chi connectivity index (χ1v) is 11.3. The molecule has 1 aliphatic rings. The van der Waals surface area contributed by atoms with Crippen molar-refractivity contribution in [1.82, 2.24) is 0 Å². The van der Waals surface area contributed by atoms with Crippen LogP contribution in [0.5, 0.6) is 34.5 Å². The summed E-state index contributed by atoms with van der Waals surface area (Å²) in [5.41, 5.74) is 3.04. The van der Waals surface area contributed by atoms with Gasteiger partial charge in [-0.25, -0.2) is 0 Å². The predicted octanol–water partition coefficient (Wildman–Crippen LogP) is 4.29. The number of hydrogen-bond acceptors (Lipinski definition) is 9. The van der Waals surface area contributed by atoms with Gasteiger partial charge in [-0.15, -0.1) is 0 Å². The van der Waals surface area contributed by atoms with Crippen molar-refractivity contribution in [3.05, 3.63) is 69.8 Å². The van der Waals surface area contributed by atoms with Crippen LogP contribution in [0.2, 0.25) is 0 Å². The maximum atomic E-state index is 10.8. The number of fused-ring (bicyclic) bond motifs is 6. The van der Waals surface area contributed by atoms with Gasteiger partial charge in [0.15, 0.2) is 0 Å². The third-order valence-corrected chi connectivity index (χ3v) is 5.98. The van der Waals surface area contributed by atoms with Crippen molar-refractivity contribution in [3.8, 4) is 34.5 Å². The molecule has 0 fully saturated rings. The van der Waals surface area contributed by atoms with Crippen LogP contribution in [0.4, 0.5) is 0 Å². The van der Waals surface area contributed by atoms with E-state index in [0.717, 1.165) is 0 Å². The van der Waals surface area contributed by atoms with Crippen molar-refractivity contribution in [1.29, 1.82) is 0 Å². The number of ether oxygens (including phenoxy) is 6. The molecule has 0 aromatic heterocycles. The Balaban J connectivity index is 1.74. The molecule has 0 saturated carbocycles. The molecule has 0 saturated heterocycles. The van der Waals surface area contributed by atoms with Gasteiger partial charge in [0.1, 0.15) is 34.5 Å². The summed E-state index contributed by atoms with van der Waals surface area (Å²) in [6.07, 6.45) is 0. The van der Waals surface area contributed by atoms with Crippen molar-refractivity contribution in [2.75, 3.05) is 21.3 Å². The fourth-order valence-electron chi connectivity index (χ4n) is 4.01. The summed E-state index contributed by atoms with van der Waals surface area (Å²) in [6, 6.07) is 10.1. The third-order valence-electron chi connectivity index (χ3n) is 5.98. The molecule has 3 aromatic carbocycles. The summed E-state index contributed by atoms with van der Waals surface area (Å²) in [6.45, 7) is 0.408. The molecule has 1 aliphatic heterocycles. The molecule has 0 aliphatic carbocycles. The molecule has 3 N–H and O–H groups in total. The molecule has 0 unspecified atom stereocenters. The lowest BCUT2D eigenvalue weighted by Crippen LogP contribution is -2.04. The maximum absolute atomic E-state index is 10.8. The highest BCUT2D eigenvalue weighted by atomic mass is 16.5. The second kappa shape index (κ2) is 11.4. The number of methoxy groups -OCH3 is 3. The average Bonchev–Trinajstić information content (AvgIpc) is 2.88. The Bertz CT molecular complexity index is 996. The number of benzene rings is 3. The Hall–Kier alpha value is -3.66. The summed E-state index contributed by atoms with van der Waals surface area (Å²) in [5, 5.41) is 32.5. The van der Waals surface area contributed by atoms with Gasteiger partial charge in [-0.1, -0.05) is 0 Å². The second-order valence-corrected chi connectivity index (χ2v) is 8.36. The normalized spacial score (nSPS) is 14.4. The van der Waals surface area contributed by atoms with Crippen LogP contribution in [0.25, 0.3) is 0 Å².